The molecule has 0 aromatic heterocycles. The summed E-state index contributed by atoms with van der Waals surface area (Å²) in [6, 6.07) is 4.58. The second kappa shape index (κ2) is 6.13. The Labute approximate surface area is 161 Å². The third-order valence-corrected chi connectivity index (χ3v) is 5.63. The van der Waals surface area contributed by atoms with E-state index in [0.29, 0.717) is 0 Å². The summed E-state index contributed by atoms with van der Waals surface area (Å²) in [5.41, 5.74) is -6.79. The lowest BCUT2D eigenvalue weighted by Crippen LogP contribution is -2.58. The number of rotatable bonds is 2. The van der Waals surface area contributed by atoms with E-state index in [-0.39, 0.29) is 6.42 Å². The van der Waals surface area contributed by atoms with E-state index in [0.717, 1.165) is 0 Å². The van der Waals surface area contributed by atoms with E-state index in [9.17, 15) is 37.7 Å². The van der Waals surface area contributed by atoms with Gasteiger partial charge in [0.25, 0.3) is 0 Å². The Balaban J connectivity index is 2.46. The van der Waals surface area contributed by atoms with Crippen molar-refractivity contribution in [2.75, 3.05) is 0 Å². The summed E-state index contributed by atoms with van der Waals surface area (Å²) in [5.74, 6) is -15.5. The highest BCUT2D eigenvalue weighted by atomic mass is 19.2. The van der Waals surface area contributed by atoms with Gasteiger partial charge in [0.05, 0.1) is 29.7 Å². The normalized spacial score (nSPS) is 32.1. The van der Waals surface area contributed by atoms with Crippen LogP contribution in [0.2, 0.25) is 0 Å². The van der Waals surface area contributed by atoms with Crippen molar-refractivity contribution in [3.63, 3.8) is 0 Å². The van der Waals surface area contributed by atoms with Crippen LogP contribution in [-0.2, 0) is 9.47 Å². The Morgan fingerprint density at radius 1 is 0.931 bits per heavy atom. The molecule has 11 heteroatoms. The first-order valence-electron chi connectivity index (χ1n) is 8.23. The molecule has 0 aliphatic carbocycles. The molecule has 2 aliphatic rings. The number of hydrogen-bond acceptors (Lipinski definition) is 6. The van der Waals surface area contributed by atoms with Gasteiger partial charge in [0.2, 0.25) is 22.9 Å². The predicted molar refractivity (Wildman–Crippen MR) is 82.8 cm³/mol. The topological polar surface area (TPSA) is 114 Å². The van der Waals surface area contributed by atoms with Crippen molar-refractivity contribution >= 4 is 5.90 Å². The molecule has 2 saturated heterocycles. The molecule has 1 aromatic carbocycles. The van der Waals surface area contributed by atoms with Gasteiger partial charge in [0.15, 0.2) is 28.7 Å². The standard InChI is InChI=1S/C18H11F5N4O2/c1-3-7-16(2)28-14(8-9(19)11(21)13(23)12(22)10(8)20)17(4-24,5-25)18(7,6-26)15(27)29-16/h7,14,27H,3H2,1-2H3. The molecule has 2 bridgehead atoms. The zero-order chi connectivity index (χ0) is 21.9. The molecule has 2 fully saturated rings. The van der Waals surface area contributed by atoms with Gasteiger partial charge in [-0.2, -0.15) is 15.8 Å². The minimum absolute atomic E-state index is 0.0430. The Kier molecular flexibility index (Phi) is 4.34. The zero-order valence-corrected chi connectivity index (χ0v) is 14.9. The van der Waals surface area contributed by atoms with E-state index in [1.165, 1.54) is 19.1 Å². The summed E-state index contributed by atoms with van der Waals surface area (Å²) >= 11 is 0. The second-order valence-electron chi connectivity index (χ2n) is 6.84. The molecule has 0 radical (unpaired) electrons. The molecule has 2 aliphatic heterocycles. The molecule has 1 aromatic rings. The van der Waals surface area contributed by atoms with Crippen LogP contribution >= 0.6 is 0 Å². The second-order valence-corrected chi connectivity index (χ2v) is 6.84. The highest BCUT2D eigenvalue weighted by Gasteiger charge is 2.79. The summed E-state index contributed by atoms with van der Waals surface area (Å²) in [7, 11) is 0. The molecule has 4 unspecified atom stereocenters. The number of nitrogens with one attached hydrogen (secondary N) is 1. The van der Waals surface area contributed by atoms with Gasteiger partial charge in [0, 0.05) is 6.92 Å². The summed E-state index contributed by atoms with van der Waals surface area (Å²) in [5, 5.41) is 37.6. The lowest BCUT2D eigenvalue weighted by molar-refractivity contribution is -0.274. The first-order valence-corrected chi connectivity index (χ1v) is 8.23. The summed E-state index contributed by atoms with van der Waals surface area (Å²) in [4.78, 5) is 0. The third-order valence-electron chi connectivity index (χ3n) is 5.63. The van der Waals surface area contributed by atoms with E-state index in [4.69, 9.17) is 14.9 Å². The highest BCUT2D eigenvalue weighted by Crippen LogP contribution is 2.67. The summed E-state index contributed by atoms with van der Waals surface area (Å²) < 4.78 is 80.8. The molecule has 0 saturated carbocycles. The summed E-state index contributed by atoms with van der Waals surface area (Å²) in [6.07, 6.45) is -2.36. The lowest BCUT2D eigenvalue weighted by Gasteiger charge is -2.48. The first-order chi connectivity index (χ1) is 13.5. The van der Waals surface area contributed by atoms with Gasteiger partial charge in [-0.05, 0) is 6.42 Å². The fourth-order valence-electron chi connectivity index (χ4n) is 4.34. The van der Waals surface area contributed by atoms with Gasteiger partial charge in [-0.1, -0.05) is 6.92 Å². The van der Waals surface area contributed by atoms with Gasteiger partial charge >= 0.3 is 0 Å². The van der Waals surface area contributed by atoms with Crippen LogP contribution in [-0.4, -0.2) is 11.7 Å². The van der Waals surface area contributed by atoms with Crippen molar-refractivity contribution in [1.29, 1.82) is 21.2 Å². The number of nitriles is 3. The smallest absolute Gasteiger partial charge is 0.214 e. The van der Waals surface area contributed by atoms with Crippen LogP contribution in [0.1, 0.15) is 31.9 Å². The van der Waals surface area contributed by atoms with Crippen LogP contribution in [0.3, 0.4) is 0 Å². The van der Waals surface area contributed by atoms with Gasteiger partial charge in [-0.25, -0.2) is 22.0 Å². The van der Waals surface area contributed by atoms with E-state index >= 15 is 0 Å². The molecule has 0 spiro atoms. The highest BCUT2D eigenvalue weighted by molar-refractivity contribution is 5.89. The van der Waals surface area contributed by atoms with E-state index < -0.39 is 69.2 Å². The molecule has 3 rings (SSSR count). The first kappa shape index (κ1) is 20.5. The average Bonchev–Trinajstić information content (AvgIpc) is 2.87. The number of ether oxygens (including phenoxy) is 2. The zero-order valence-electron chi connectivity index (χ0n) is 14.9. The SMILES string of the molecule is CCC1C2(C)OC(=N)C1(C#N)C(C#N)(C#N)C(c1c(F)c(F)c(F)c(F)c1F)O2. The molecule has 4 atom stereocenters. The minimum atomic E-state index is -2.84. The van der Waals surface area contributed by atoms with Crippen molar-refractivity contribution in [3.8, 4) is 18.2 Å². The molecular weight excluding hydrogens is 399 g/mol. The molecule has 29 heavy (non-hydrogen) atoms. The summed E-state index contributed by atoms with van der Waals surface area (Å²) in [6.45, 7) is 2.74. The van der Waals surface area contributed by atoms with E-state index in [1.54, 1.807) is 13.0 Å². The van der Waals surface area contributed by atoms with Crippen molar-refractivity contribution < 1.29 is 31.4 Å². The number of fused-ring (bicyclic) bond motifs is 2. The van der Waals surface area contributed by atoms with Gasteiger partial charge in [-0.15, -0.1) is 0 Å². The molecular formula is C18H11F5N4O2. The van der Waals surface area contributed by atoms with Crippen LogP contribution in [0.15, 0.2) is 0 Å². The van der Waals surface area contributed by atoms with Crippen molar-refractivity contribution in [1.82, 2.24) is 0 Å². The lowest BCUT2D eigenvalue weighted by atomic mass is 9.53. The van der Waals surface area contributed by atoms with Crippen LogP contribution in [0.25, 0.3) is 0 Å². The maximum absolute atomic E-state index is 14.5. The molecule has 0 amide bonds. The molecule has 6 nitrogen and oxygen atoms in total. The molecule has 150 valence electrons. The van der Waals surface area contributed by atoms with Crippen LogP contribution in [0.5, 0.6) is 0 Å². The van der Waals surface area contributed by atoms with Crippen LogP contribution in [0.4, 0.5) is 22.0 Å². The molecule has 1 N–H and O–H groups in total. The minimum Gasteiger partial charge on any atom is -0.448 e. The fraction of sp³-hybridized carbons (Fsp3) is 0.444. The van der Waals surface area contributed by atoms with Crippen LogP contribution < -0.4 is 0 Å². The maximum Gasteiger partial charge on any atom is 0.214 e. The predicted octanol–water partition coefficient (Wildman–Crippen LogP) is 3.75. The van der Waals surface area contributed by atoms with Crippen molar-refractivity contribution in [2.45, 2.75) is 32.2 Å². The Morgan fingerprint density at radius 2 is 1.41 bits per heavy atom. The fourth-order valence-corrected chi connectivity index (χ4v) is 4.34. The number of benzene rings is 1. The monoisotopic (exact) mass is 410 g/mol. The number of nitrogens with zero attached hydrogens (tertiary/aromatic N) is 3. The average molecular weight is 410 g/mol. The van der Waals surface area contributed by atoms with Crippen molar-refractivity contribution in [2.24, 2.45) is 16.7 Å². The van der Waals surface area contributed by atoms with Gasteiger partial charge in [0.1, 0.15) is 6.10 Å². The maximum atomic E-state index is 14.5. The Hall–Kier alpha value is -3.23. The van der Waals surface area contributed by atoms with Gasteiger partial charge in [-0.3, -0.25) is 5.41 Å². The largest absolute Gasteiger partial charge is 0.448 e. The number of halogens is 5. The van der Waals surface area contributed by atoms with Crippen molar-refractivity contribution in [3.05, 3.63) is 34.6 Å². The Morgan fingerprint density at radius 3 is 1.83 bits per heavy atom. The third kappa shape index (κ3) is 2.07. The van der Waals surface area contributed by atoms with Gasteiger partial charge < -0.3 is 9.47 Å². The molecule has 2 heterocycles. The van der Waals surface area contributed by atoms with E-state index in [2.05, 4.69) is 0 Å². The quantitative estimate of drug-likeness (QED) is 0.453. The van der Waals surface area contributed by atoms with Crippen LogP contribution in [0, 0.1) is 85.2 Å². The Bertz CT molecular complexity index is 1030. The number of hydrogen-bond donors (Lipinski definition) is 1. The van der Waals surface area contributed by atoms with E-state index in [1.807, 2.05) is 0 Å².